The first kappa shape index (κ1) is 14.5. The van der Waals surface area contributed by atoms with Gasteiger partial charge in [-0.15, -0.1) is 11.3 Å². The molecule has 2 aromatic heterocycles. The van der Waals surface area contributed by atoms with Gasteiger partial charge < -0.3 is 10.1 Å². The molecule has 0 aliphatic heterocycles. The van der Waals surface area contributed by atoms with Crippen LogP contribution in [0.25, 0.3) is 22.4 Å². The third-order valence-corrected chi connectivity index (χ3v) is 4.12. The van der Waals surface area contributed by atoms with Crippen LogP contribution in [0.15, 0.2) is 48.0 Å². The number of benzene rings is 1. The zero-order chi connectivity index (χ0) is 15.4. The third-order valence-electron chi connectivity index (χ3n) is 3.26. The fraction of sp³-hybridized carbons (Fsp3) is 0.176. The summed E-state index contributed by atoms with van der Waals surface area (Å²) in [5.41, 5.74) is 4.24. The molecule has 0 spiro atoms. The number of pyridine rings is 1. The van der Waals surface area contributed by atoms with Crippen molar-refractivity contribution in [2.45, 2.75) is 6.92 Å². The largest absolute Gasteiger partial charge is 0.478 e. The lowest BCUT2D eigenvalue weighted by Crippen LogP contribution is -1.94. The molecule has 5 heteroatoms. The average Bonchev–Trinajstić information content (AvgIpc) is 3.05. The van der Waals surface area contributed by atoms with E-state index in [0.717, 1.165) is 27.5 Å². The Morgan fingerprint density at radius 2 is 1.95 bits per heavy atom. The number of nitrogens with zero attached hydrogens (tertiary/aromatic N) is 2. The highest BCUT2D eigenvalue weighted by Gasteiger charge is 2.10. The smallest absolute Gasteiger partial charge is 0.213 e. The van der Waals surface area contributed by atoms with Gasteiger partial charge in [-0.25, -0.2) is 9.97 Å². The summed E-state index contributed by atoms with van der Waals surface area (Å²) in [7, 11) is 1.88. The first-order chi connectivity index (χ1) is 10.8. The standard InChI is InChI=1S/C17H17N3OS/c1-3-21-16-9-8-12(10-19-16)13-6-4-5-7-14(13)15-11-22-17(18-2)20-15/h4-11H,3H2,1-2H3,(H,18,20). The van der Waals surface area contributed by atoms with Crippen LogP contribution in [-0.4, -0.2) is 23.6 Å². The highest BCUT2D eigenvalue weighted by Crippen LogP contribution is 2.33. The second kappa shape index (κ2) is 6.58. The molecule has 4 nitrogen and oxygen atoms in total. The summed E-state index contributed by atoms with van der Waals surface area (Å²) in [6, 6.07) is 12.2. The first-order valence-corrected chi connectivity index (χ1v) is 8.01. The van der Waals surface area contributed by atoms with Gasteiger partial charge in [-0.05, 0) is 18.6 Å². The molecule has 0 radical (unpaired) electrons. The summed E-state index contributed by atoms with van der Waals surface area (Å²) in [6.45, 7) is 2.57. The van der Waals surface area contributed by atoms with Crippen molar-refractivity contribution in [1.82, 2.24) is 9.97 Å². The van der Waals surface area contributed by atoms with Crippen molar-refractivity contribution in [3.8, 4) is 28.3 Å². The van der Waals surface area contributed by atoms with Gasteiger partial charge in [-0.2, -0.15) is 0 Å². The van der Waals surface area contributed by atoms with Gasteiger partial charge in [-0.3, -0.25) is 0 Å². The average molecular weight is 311 g/mol. The van der Waals surface area contributed by atoms with Crippen LogP contribution in [0.1, 0.15) is 6.92 Å². The van der Waals surface area contributed by atoms with E-state index in [1.807, 2.05) is 44.4 Å². The molecule has 0 saturated heterocycles. The minimum absolute atomic E-state index is 0.620. The Hall–Kier alpha value is -2.40. The second-order valence-corrected chi connectivity index (χ2v) is 5.51. The van der Waals surface area contributed by atoms with Crippen LogP contribution in [0.5, 0.6) is 5.88 Å². The van der Waals surface area contributed by atoms with Gasteiger partial charge in [0.1, 0.15) is 0 Å². The molecule has 0 aliphatic rings. The molecule has 0 aliphatic carbocycles. The Bertz CT molecular complexity index is 753. The van der Waals surface area contributed by atoms with E-state index in [1.54, 1.807) is 11.3 Å². The van der Waals surface area contributed by atoms with Crippen LogP contribution in [-0.2, 0) is 0 Å². The van der Waals surface area contributed by atoms with E-state index in [-0.39, 0.29) is 0 Å². The van der Waals surface area contributed by atoms with Gasteiger partial charge in [0.15, 0.2) is 5.13 Å². The molecule has 112 valence electrons. The Morgan fingerprint density at radius 3 is 2.59 bits per heavy atom. The van der Waals surface area contributed by atoms with Gasteiger partial charge in [0.05, 0.1) is 12.3 Å². The predicted octanol–water partition coefficient (Wildman–Crippen LogP) is 4.31. The summed E-state index contributed by atoms with van der Waals surface area (Å²) in [6.07, 6.45) is 1.84. The molecule has 2 heterocycles. The van der Waals surface area contributed by atoms with Crippen LogP contribution in [0.4, 0.5) is 5.13 Å². The number of hydrogen-bond acceptors (Lipinski definition) is 5. The molecular weight excluding hydrogens is 294 g/mol. The van der Waals surface area contributed by atoms with Gasteiger partial charge in [0.25, 0.3) is 0 Å². The zero-order valence-corrected chi connectivity index (χ0v) is 13.4. The predicted molar refractivity (Wildman–Crippen MR) is 91.5 cm³/mol. The van der Waals surface area contributed by atoms with Crippen molar-refractivity contribution < 1.29 is 4.74 Å². The lowest BCUT2D eigenvalue weighted by atomic mass is 9.99. The Morgan fingerprint density at radius 1 is 1.14 bits per heavy atom. The minimum Gasteiger partial charge on any atom is -0.478 e. The van der Waals surface area contributed by atoms with Crippen molar-refractivity contribution >= 4 is 16.5 Å². The fourth-order valence-electron chi connectivity index (χ4n) is 2.24. The van der Waals surface area contributed by atoms with Gasteiger partial charge in [0, 0.05) is 35.8 Å². The zero-order valence-electron chi connectivity index (χ0n) is 12.5. The van der Waals surface area contributed by atoms with Crippen LogP contribution < -0.4 is 10.1 Å². The van der Waals surface area contributed by atoms with E-state index >= 15 is 0 Å². The summed E-state index contributed by atoms with van der Waals surface area (Å²) < 4.78 is 5.40. The van der Waals surface area contributed by atoms with Gasteiger partial charge in [0.2, 0.25) is 5.88 Å². The van der Waals surface area contributed by atoms with E-state index in [2.05, 4.69) is 32.8 Å². The maximum atomic E-state index is 5.40. The normalized spacial score (nSPS) is 10.5. The van der Waals surface area contributed by atoms with Crippen molar-refractivity contribution in [3.63, 3.8) is 0 Å². The third kappa shape index (κ3) is 2.94. The summed E-state index contributed by atoms with van der Waals surface area (Å²) in [5, 5.41) is 6.05. The molecule has 0 atom stereocenters. The monoisotopic (exact) mass is 311 g/mol. The number of rotatable bonds is 5. The van der Waals surface area contributed by atoms with Crippen LogP contribution in [0.3, 0.4) is 0 Å². The van der Waals surface area contributed by atoms with E-state index < -0.39 is 0 Å². The number of thiazole rings is 1. The molecule has 1 aromatic carbocycles. The van der Waals surface area contributed by atoms with Gasteiger partial charge >= 0.3 is 0 Å². The quantitative estimate of drug-likeness (QED) is 0.762. The Balaban J connectivity index is 2.00. The SMILES string of the molecule is CCOc1ccc(-c2ccccc2-c2csc(NC)n2)cn1. The van der Waals surface area contributed by atoms with Crippen LogP contribution in [0.2, 0.25) is 0 Å². The summed E-state index contributed by atoms with van der Waals surface area (Å²) in [5.74, 6) is 0.648. The molecular formula is C17H17N3OS. The minimum atomic E-state index is 0.620. The van der Waals surface area contributed by atoms with E-state index in [0.29, 0.717) is 12.5 Å². The molecule has 0 saturated carbocycles. The van der Waals surface area contributed by atoms with Crippen molar-refractivity contribution in [3.05, 3.63) is 48.0 Å². The highest BCUT2D eigenvalue weighted by molar-refractivity contribution is 7.14. The molecule has 0 amide bonds. The Labute approximate surface area is 133 Å². The van der Waals surface area contributed by atoms with Gasteiger partial charge in [-0.1, -0.05) is 24.3 Å². The van der Waals surface area contributed by atoms with Crippen molar-refractivity contribution in [2.75, 3.05) is 19.0 Å². The lowest BCUT2D eigenvalue weighted by Gasteiger charge is -2.08. The van der Waals surface area contributed by atoms with E-state index in [4.69, 9.17) is 4.74 Å². The Kier molecular flexibility index (Phi) is 4.34. The molecule has 22 heavy (non-hydrogen) atoms. The van der Waals surface area contributed by atoms with Crippen molar-refractivity contribution in [1.29, 1.82) is 0 Å². The molecule has 0 unspecified atom stereocenters. The lowest BCUT2D eigenvalue weighted by molar-refractivity contribution is 0.327. The first-order valence-electron chi connectivity index (χ1n) is 7.13. The summed E-state index contributed by atoms with van der Waals surface area (Å²) in [4.78, 5) is 8.94. The highest BCUT2D eigenvalue weighted by atomic mass is 32.1. The topological polar surface area (TPSA) is 47.0 Å². The fourth-order valence-corrected chi connectivity index (χ4v) is 2.92. The molecule has 0 bridgehead atoms. The number of ether oxygens (including phenoxy) is 1. The second-order valence-electron chi connectivity index (χ2n) is 4.65. The molecule has 3 rings (SSSR count). The molecule has 0 fully saturated rings. The number of hydrogen-bond donors (Lipinski definition) is 1. The van der Waals surface area contributed by atoms with Crippen LogP contribution in [0, 0.1) is 0 Å². The molecule has 1 N–H and O–H groups in total. The maximum absolute atomic E-state index is 5.40. The number of aromatic nitrogens is 2. The van der Waals surface area contributed by atoms with E-state index in [9.17, 15) is 0 Å². The molecule has 3 aromatic rings. The van der Waals surface area contributed by atoms with E-state index in [1.165, 1.54) is 0 Å². The number of nitrogens with one attached hydrogen (secondary N) is 1. The number of anilines is 1. The van der Waals surface area contributed by atoms with Crippen LogP contribution >= 0.6 is 11.3 Å². The summed E-state index contributed by atoms with van der Waals surface area (Å²) >= 11 is 1.60. The maximum Gasteiger partial charge on any atom is 0.213 e. The van der Waals surface area contributed by atoms with Crippen molar-refractivity contribution in [2.24, 2.45) is 0 Å².